The minimum atomic E-state index is 0.773. The van der Waals surface area contributed by atoms with Crippen LogP contribution >= 0.6 is 0 Å². The van der Waals surface area contributed by atoms with Gasteiger partial charge in [0, 0.05) is 24.9 Å². The van der Waals surface area contributed by atoms with E-state index in [2.05, 4.69) is 18.2 Å². The normalized spacial score (nSPS) is 20.1. The summed E-state index contributed by atoms with van der Waals surface area (Å²) in [6.07, 6.45) is 10.3. The van der Waals surface area contributed by atoms with Crippen LogP contribution in [-0.2, 0) is 7.05 Å². The molecule has 0 bridgehead atoms. The van der Waals surface area contributed by atoms with Gasteiger partial charge >= 0.3 is 0 Å². The van der Waals surface area contributed by atoms with Gasteiger partial charge in [-0.15, -0.1) is 0 Å². The molecule has 13 heavy (non-hydrogen) atoms. The van der Waals surface area contributed by atoms with Gasteiger partial charge in [0.1, 0.15) is 0 Å². The zero-order valence-electron chi connectivity index (χ0n) is 8.37. The van der Waals surface area contributed by atoms with E-state index in [-0.39, 0.29) is 0 Å². The second kappa shape index (κ2) is 3.95. The van der Waals surface area contributed by atoms with Crippen molar-refractivity contribution in [3.8, 4) is 0 Å². The van der Waals surface area contributed by atoms with E-state index in [0.29, 0.717) is 0 Å². The molecule has 1 aliphatic carbocycles. The lowest BCUT2D eigenvalue weighted by Gasteiger charge is -2.13. The fourth-order valence-corrected chi connectivity index (χ4v) is 2.36. The van der Waals surface area contributed by atoms with Crippen LogP contribution in [-0.4, -0.2) is 9.78 Å². The standard InChI is InChI=1S/C11H18N2/c1-13-11(8-9-12-13)10-6-4-2-3-5-7-10/h8-10H,2-7H2,1H3. The van der Waals surface area contributed by atoms with Gasteiger partial charge < -0.3 is 0 Å². The Kier molecular flexibility index (Phi) is 2.67. The van der Waals surface area contributed by atoms with Gasteiger partial charge in [-0.2, -0.15) is 5.10 Å². The Morgan fingerprint density at radius 3 is 2.46 bits per heavy atom. The van der Waals surface area contributed by atoms with Gasteiger partial charge in [0.25, 0.3) is 0 Å². The summed E-state index contributed by atoms with van der Waals surface area (Å²) < 4.78 is 2.04. The number of aryl methyl sites for hydroxylation is 1. The molecule has 2 rings (SSSR count). The Hall–Kier alpha value is -0.790. The highest BCUT2D eigenvalue weighted by molar-refractivity contribution is 5.07. The molecule has 0 radical (unpaired) electrons. The monoisotopic (exact) mass is 178 g/mol. The van der Waals surface area contributed by atoms with Crippen molar-refractivity contribution in [2.24, 2.45) is 7.05 Å². The Bertz CT molecular complexity index is 257. The summed E-state index contributed by atoms with van der Waals surface area (Å²) in [5.74, 6) is 0.773. The molecule has 1 aliphatic rings. The van der Waals surface area contributed by atoms with Crippen LogP contribution in [0.1, 0.15) is 50.1 Å². The first-order valence-electron chi connectivity index (χ1n) is 5.36. The quantitative estimate of drug-likeness (QED) is 0.605. The van der Waals surface area contributed by atoms with E-state index in [1.165, 1.54) is 44.2 Å². The van der Waals surface area contributed by atoms with Crippen LogP contribution in [0, 0.1) is 0 Å². The van der Waals surface area contributed by atoms with Crippen molar-refractivity contribution in [2.45, 2.75) is 44.4 Å². The third kappa shape index (κ3) is 1.93. The molecule has 0 spiro atoms. The maximum Gasteiger partial charge on any atom is 0.0492 e. The van der Waals surface area contributed by atoms with Gasteiger partial charge in [0.15, 0.2) is 0 Å². The van der Waals surface area contributed by atoms with Crippen LogP contribution < -0.4 is 0 Å². The molecule has 0 unspecified atom stereocenters. The Balaban J connectivity index is 2.10. The largest absolute Gasteiger partial charge is 0.272 e. The third-order valence-corrected chi connectivity index (χ3v) is 3.13. The molecule has 2 heteroatoms. The van der Waals surface area contributed by atoms with Crippen LogP contribution in [0.3, 0.4) is 0 Å². The average Bonchev–Trinajstić information content (AvgIpc) is 2.43. The molecule has 2 nitrogen and oxygen atoms in total. The minimum Gasteiger partial charge on any atom is -0.272 e. The molecule has 1 aromatic heterocycles. The van der Waals surface area contributed by atoms with Crippen molar-refractivity contribution in [1.29, 1.82) is 0 Å². The Labute approximate surface area is 80.0 Å². The van der Waals surface area contributed by atoms with Gasteiger partial charge in [-0.05, 0) is 18.9 Å². The topological polar surface area (TPSA) is 17.8 Å². The lowest BCUT2D eigenvalue weighted by Crippen LogP contribution is -2.04. The molecule has 0 N–H and O–H groups in total. The zero-order valence-corrected chi connectivity index (χ0v) is 8.37. The summed E-state index contributed by atoms with van der Waals surface area (Å²) in [4.78, 5) is 0. The highest BCUT2D eigenvalue weighted by atomic mass is 15.3. The number of hydrogen-bond acceptors (Lipinski definition) is 1. The van der Waals surface area contributed by atoms with Gasteiger partial charge in [0.05, 0.1) is 0 Å². The second-order valence-electron chi connectivity index (χ2n) is 4.07. The first-order valence-corrected chi connectivity index (χ1v) is 5.36. The maximum atomic E-state index is 4.24. The number of aromatic nitrogens is 2. The number of rotatable bonds is 1. The van der Waals surface area contributed by atoms with E-state index in [0.717, 1.165) is 5.92 Å². The summed E-state index contributed by atoms with van der Waals surface area (Å²) in [5.41, 5.74) is 1.43. The number of nitrogens with zero attached hydrogens (tertiary/aromatic N) is 2. The SMILES string of the molecule is Cn1nccc1C1CCCCCC1. The Morgan fingerprint density at radius 2 is 1.92 bits per heavy atom. The fourth-order valence-electron chi connectivity index (χ4n) is 2.36. The van der Waals surface area contributed by atoms with Crippen LogP contribution in [0.15, 0.2) is 12.3 Å². The van der Waals surface area contributed by atoms with E-state index in [9.17, 15) is 0 Å². The molecule has 0 atom stereocenters. The van der Waals surface area contributed by atoms with Crippen molar-refractivity contribution in [1.82, 2.24) is 9.78 Å². The minimum absolute atomic E-state index is 0.773. The second-order valence-corrected chi connectivity index (χ2v) is 4.07. The summed E-state index contributed by atoms with van der Waals surface area (Å²) in [7, 11) is 2.06. The van der Waals surface area contributed by atoms with Crippen LogP contribution in [0.25, 0.3) is 0 Å². The van der Waals surface area contributed by atoms with Crippen molar-refractivity contribution >= 4 is 0 Å². The third-order valence-electron chi connectivity index (χ3n) is 3.13. The maximum absolute atomic E-state index is 4.24. The molecule has 1 saturated carbocycles. The molecular formula is C11H18N2. The van der Waals surface area contributed by atoms with Gasteiger partial charge in [-0.3, -0.25) is 4.68 Å². The van der Waals surface area contributed by atoms with Gasteiger partial charge in [-0.1, -0.05) is 25.7 Å². The zero-order chi connectivity index (χ0) is 9.10. The van der Waals surface area contributed by atoms with Crippen LogP contribution in [0.2, 0.25) is 0 Å². The van der Waals surface area contributed by atoms with Crippen molar-refractivity contribution in [3.63, 3.8) is 0 Å². The highest BCUT2D eigenvalue weighted by Crippen LogP contribution is 2.30. The predicted molar refractivity (Wildman–Crippen MR) is 53.7 cm³/mol. The highest BCUT2D eigenvalue weighted by Gasteiger charge is 2.16. The summed E-state index contributed by atoms with van der Waals surface area (Å²) in [6, 6.07) is 2.18. The molecule has 0 aromatic carbocycles. The molecular weight excluding hydrogens is 160 g/mol. The molecule has 0 saturated heterocycles. The summed E-state index contributed by atoms with van der Waals surface area (Å²) in [6.45, 7) is 0. The summed E-state index contributed by atoms with van der Waals surface area (Å²) >= 11 is 0. The fraction of sp³-hybridized carbons (Fsp3) is 0.727. The molecule has 0 aliphatic heterocycles. The van der Waals surface area contributed by atoms with Crippen molar-refractivity contribution in [3.05, 3.63) is 18.0 Å². The lowest BCUT2D eigenvalue weighted by molar-refractivity contribution is 0.541. The molecule has 1 fully saturated rings. The van der Waals surface area contributed by atoms with E-state index in [4.69, 9.17) is 0 Å². The van der Waals surface area contributed by atoms with E-state index in [1.54, 1.807) is 0 Å². The number of hydrogen-bond donors (Lipinski definition) is 0. The average molecular weight is 178 g/mol. The molecule has 1 aromatic rings. The smallest absolute Gasteiger partial charge is 0.0492 e. The van der Waals surface area contributed by atoms with E-state index < -0.39 is 0 Å². The molecule has 0 amide bonds. The van der Waals surface area contributed by atoms with Crippen LogP contribution in [0.4, 0.5) is 0 Å². The first-order chi connectivity index (χ1) is 6.38. The van der Waals surface area contributed by atoms with Gasteiger partial charge in [0.2, 0.25) is 0 Å². The predicted octanol–water partition coefficient (Wildman–Crippen LogP) is 2.86. The van der Waals surface area contributed by atoms with Gasteiger partial charge in [-0.25, -0.2) is 0 Å². The molecule has 72 valence electrons. The molecule has 1 heterocycles. The Morgan fingerprint density at radius 1 is 1.23 bits per heavy atom. The van der Waals surface area contributed by atoms with Crippen LogP contribution in [0.5, 0.6) is 0 Å². The first kappa shape index (κ1) is 8.79. The van der Waals surface area contributed by atoms with Crippen molar-refractivity contribution in [2.75, 3.05) is 0 Å². The van der Waals surface area contributed by atoms with E-state index in [1.807, 2.05) is 10.9 Å². The summed E-state index contributed by atoms with van der Waals surface area (Å²) in [5, 5.41) is 4.24. The lowest BCUT2D eigenvalue weighted by atomic mass is 9.97. The van der Waals surface area contributed by atoms with Crippen molar-refractivity contribution < 1.29 is 0 Å². The van der Waals surface area contributed by atoms with E-state index >= 15 is 0 Å².